The van der Waals surface area contributed by atoms with Gasteiger partial charge in [0.15, 0.2) is 12.2 Å². The topological polar surface area (TPSA) is 237 Å². The van der Waals surface area contributed by atoms with Crippen molar-refractivity contribution in [3.63, 3.8) is 0 Å². The third-order valence-electron chi connectivity index (χ3n) is 18.1. The molecule has 0 rings (SSSR count). The second kappa shape index (κ2) is 69.2. The van der Waals surface area contributed by atoms with Crippen LogP contribution in [-0.4, -0.2) is 96.7 Å². The molecule has 19 heteroatoms. The monoisotopic (exact) mass is 1400 g/mol. The van der Waals surface area contributed by atoms with E-state index in [0.29, 0.717) is 25.7 Å². The molecular formula is C76H148O17P2. The van der Waals surface area contributed by atoms with E-state index < -0.39 is 97.5 Å². The van der Waals surface area contributed by atoms with Crippen molar-refractivity contribution in [2.75, 3.05) is 39.6 Å². The van der Waals surface area contributed by atoms with Crippen LogP contribution in [0.4, 0.5) is 0 Å². The standard InChI is InChI=1S/C76H148O17P2/c1-6-10-13-16-19-22-25-28-30-32-34-36-39-42-45-52-57-62-76(81)92-71(65-86-73(78)59-54-49-43-40-38-35-33-31-29-26-23-20-17-14-11-7-2)67-90-94(82,83)88-63-70(77)64-89-95(84,85)91-68-72(66-87-74(79)60-55-50-47-46-48-53-58-69(5)9-4)93-75(80)61-56-51-44-41-37-27-24-21-18-15-12-8-3/h69-72,77H,6-68H2,1-5H3,(H,82,83)(H,84,85)/t69?,70-,71-,72-/m1/s1. The molecule has 0 aromatic carbocycles. The summed E-state index contributed by atoms with van der Waals surface area (Å²) in [6.07, 6.45) is 58.2. The first kappa shape index (κ1) is 93.1. The summed E-state index contributed by atoms with van der Waals surface area (Å²) in [6, 6.07) is 0. The molecule has 0 aliphatic carbocycles. The lowest BCUT2D eigenvalue weighted by atomic mass is 10.00. The summed E-state index contributed by atoms with van der Waals surface area (Å²) in [5.74, 6) is -1.38. The second-order valence-corrected chi connectivity index (χ2v) is 30.5. The van der Waals surface area contributed by atoms with E-state index in [1.165, 1.54) is 218 Å². The molecule has 0 spiro atoms. The molecule has 0 aromatic rings. The highest BCUT2D eigenvalue weighted by Crippen LogP contribution is 2.45. The highest BCUT2D eigenvalue weighted by atomic mass is 31.2. The summed E-state index contributed by atoms with van der Waals surface area (Å²) in [5.41, 5.74) is 0. The minimum absolute atomic E-state index is 0.107. The summed E-state index contributed by atoms with van der Waals surface area (Å²) < 4.78 is 68.5. The van der Waals surface area contributed by atoms with Gasteiger partial charge in [0.1, 0.15) is 19.3 Å². The van der Waals surface area contributed by atoms with Crippen molar-refractivity contribution in [1.29, 1.82) is 0 Å². The summed E-state index contributed by atoms with van der Waals surface area (Å²) >= 11 is 0. The Morgan fingerprint density at radius 1 is 0.295 bits per heavy atom. The Kier molecular flexibility index (Phi) is 67.7. The van der Waals surface area contributed by atoms with E-state index in [9.17, 15) is 43.2 Å². The minimum Gasteiger partial charge on any atom is -0.462 e. The molecule has 0 fully saturated rings. The predicted molar refractivity (Wildman–Crippen MR) is 386 cm³/mol. The number of phosphoric acid groups is 2. The van der Waals surface area contributed by atoms with Gasteiger partial charge in [-0.3, -0.25) is 37.3 Å². The molecule has 0 saturated heterocycles. The predicted octanol–water partition coefficient (Wildman–Crippen LogP) is 22.5. The van der Waals surface area contributed by atoms with E-state index in [1.54, 1.807) is 0 Å². The Balaban J connectivity index is 5.24. The number of carbonyl (C=O) groups excluding carboxylic acids is 4. The van der Waals surface area contributed by atoms with Crippen molar-refractivity contribution in [2.45, 2.75) is 419 Å². The SMILES string of the molecule is CCCCCCCCCCCCCCCCCCCC(=O)O[C@H](COC(=O)CCCCCCCCCCCCCCCCCC)COP(=O)(O)OC[C@@H](O)COP(=O)(O)OC[C@@H](COC(=O)CCCCCCCCC(C)CC)OC(=O)CCCCCCCCCCCCCC. The Morgan fingerprint density at radius 2 is 0.505 bits per heavy atom. The van der Waals surface area contributed by atoms with E-state index >= 15 is 0 Å². The van der Waals surface area contributed by atoms with Gasteiger partial charge in [0.05, 0.1) is 26.4 Å². The van der Waals surface area contributed by atoms with Crippen LogP contribution in [0.3, 0.4) is 0 Å². The lowest BCUT2D eigenvalue weighted by Crippen LogP contribution is -2.30. The maximum atomic E-state index is 13.1. The fourth-order valence-corrected chi connectivity index (χ4v) is 13.3. The van der Waals surface area contributed by atoms with E-state index in [-0.39, 0.29) is 25.7 Å². The van der Waals surface area contributed by atoms with Crippen LogP contribution in [-0.2, 0) is 65.4 Å². The van der Waals surface area contributed by atoms with Crippen molar-refractivity contribution in [3.8, 4) is 0 Å². The Labute approximate surface area is 581 Å². The van der Waals surface area contributed by atoms with Crippen molar-refractivity contribution in [3.05, 3.63) is 0 Å². The number of hydrogen-bond acceptors (Lipinski definition) is 15. The zero-order chi connectivity index (χ0) is 69.8. The average molecular weight is 1400 g/mol. The highest BCUT2D eigenvalue weighted by Gasteiger charge is 2.30. The summed E-state index contributed by atoms with van der Waals surface area (Å²) in [6.45, 7) is 7.26. The van der Waals surface area contributed by atoms with Gasteiger partial charge in [-0.25, -0.2) is 9.13 Å². The number of carbonyl (C=O) groups is 4. The maximum absolute atomic E-state index is 13.1. The largest absolute Gasteiger partial charge is 0.472 e. The molecule has 0 radical (unpaired) electrons. The van der Waals surface area contributed by atoms with Gasteiger partial charge in [-0.1, -0.05) is 349 Å². The number of esters is 4. The summed E-state index contributed by atoms with van der Waals surface area (Å²) in [4.78, 5) is 72.8. The van der Waals surface area contributed by atoms with E-state index in [4.69, 9.17) is 37.0 Å². The number of ether oxygens (including phenoxy) is 4. The Bertz CT molecular complexity index is 1820. The molecule has 0 aliphatic rings. The van der Waals surface area contributed by atoms with Crippen LogP contribution in [0.25, 0.3) is 0 Å². The molecule has 0 heterocycles. The van der Waals surface area contributed by atoms with Crippen molar-refractivity contribution >= 4 is 39.5 Å². The number of rotatable bonds is 76. The van der Waals surface area contributed by atoms with Crippen molar-refractivity contribution in [1.82, 2.24) is 0 Å². The van der Waals surface area contributed by atoms with Gasteiger partial charge < -0.3 is 33.8 Å². The quantitative estimate of drug-likeness (QED) is 0.0222. The molecule has 564 valence electrons. The third-order valence-corrected chi connectivity index (χ3v) is 20.0. The second-order valence-electron chi connectivity index (χ2n) is 27.6. The smallest absolute Gasteiger partial charge is 0.462 e. The zero-order valence-electron chi connectivity index (χ0n) is 61.8. The van der Waals surface area contributed by atoms with Crippen LogP contribution in [0.2, 0.25) is 0 Å². The third kappa shape index (κ3) is 69.0. The van der Waals surface area contributed by atoms with Crippen LogP contribution in [0.15, 0.2) is 0 Å². The molecule has 0 amide bonds. The van der Waals surface area contributed by atoms with Crippen molar-refractivity contribution in [2.24, 2.45) is 5.92 Å². The van der Waals surface area contributed by atoms with Gasteiger partial charge in [-0.15, -0.1) is 0 Å². The molecule has 0 aromatic heterocycles. The van der Waals surface area contributed by atoms with Gasteiger partial charge in [0.25, 0.3) is 0 Å². The minimum atomic E-state index is -4.96. The molecular weight excluding hydrogens is 1250 g/mol. The van der Waals surface area contributed by atoms with Crippen LogP contribution in [0, 0.1) is 5.92 Å². The zero-order valence-corrected chi connectivity index (χ0v) is 63.6. The lowest BCUT2D eigenvalue weighted by Gasteiger charge is -2.21. The number of aliphatic hydroxyl groups is 1. The molecule has 3 unspecified atom stereocenters. The van der Waals surface area contributed by atoms with E-state index in [2.05, 4.69) is 34.6 Å². The number of unbranched alkanes of at least 4 members (excludes halogenated alkanes) is 47. The molecule has 3 N–H and O–H groups in total. The fourth-order valence-electron chi connectivity index (χ4n) is 11.7. The molecule has 17 nitrogen and oxygen atoms in total. The van der Waals surface area contributed by atoms with Crippen molar-refractivity contribution < 1.29 is 80.2 Å². The van der Waals surface area contributed by atoms with Gasteiger partial charge >= 0.3 is 39.5 Å². The summed E-state index contributed by atoms with van der Waals surface area (Å²) in [7, 11) is -9.91. The molecule has 0 bridgehead atoms. The first-order valence-electron chi connectivity index (χ1n) is 39.7. The Morgan fingerprint density at radius 3 is 0.747 bits per heavy atom. The highest BCUT2D eigenvalue weighted by molar-refractivity contribution is 7.47. The van der Waals surface area contributed by atoms with E-state index in [0.717, 1.165) is 102 Å². The lowest BCUT2D eigenvalue weighted by molar-refractivity contribution is -0.161. The van der Waals surface area contributed by atoms with Crippen LogP contribution >= 0.6 is 15.6 Å². The molecule has 0 saturated carbocycles. The van der Waals surface area contributed by atoms with E-state index in [1.807, 2.05) is 0 Å². The van der Waals surface area contributed by atoms with Gasteiger partial charge in [0, 0.05) is 25.7 Å². The average Bonchev–Trinajstić information content (AvgIpc) is 1.45. The van der Waals surface area contributed by atoms with Gasteiger partial charge in [-0.05, 0) is 31.6 Å². The number of phosphoric ester groups is 2. The van der Waals surface area contributed by atoms with Gasteiger partial charge in [0.2, 0.25) is 0 Å². The maximum Gasteiger partial charge on any atom is 0.472 e. The first-order valence-corrected chi connectivity index (χ1v) is 42.7. The summed E-state index contributed by atoms with van der Waals surface area (Å²) in [5, 5.41) is 10.6. The van der Waals surface area contributed by atoms with Gasteiger partial charge in [-0.2, -0.15) is 0 Å². The normalized spacial score (nSPS) is 14.2. The number of aliphatic hydroxyl groups excluding tert-OH is 1. The first-order chi connectivity index (χ1) is 46.1. The van der Waals surface area contributed by atoms with Crippen LogP contribution in [0.5, 0.6) is 0 Å². The Hall–Kier alpha value is -1.94. The van der Waals surface area contributed by atoms with Crippen LogP contribution < -0.4 is 0 Å². The molecule has 95 heavy (non-hydrogen) atoms. The number of hydrogen-bond donors (Lipinski definition) is 3. The molecule has 6 atom stereocenters. The van der Waals surface area contributed by atoms with Crippen LogP contribution in [0.1, 0.15) is 401 Å². The fraction of sp³-hybridized carbons (Fsp3) is 0.947. The molecule has 0 aliphatic heterocycles.